The van der Waals surface area contributed by atoms with E-state index < -0.39 is 5.97 Å². The number of rotatable bonds is 1. The third-order valence-corrected chi connectivity index (χ3v) is 2.41. The smallest absolute Gasteiger partial charge is 0.338 e. The van der Waals surface area contributed by atoms with Crippen LogP contribution in [0.1, 0.15) is 12.0 Å². The molecule has 1 aromatic rings. The van der Waals surface area contributed by atoms with E-state index in [0.717, 1.165) is 0 Å². The zero-order valence-corrected chi connectivity index (χ0v) is 9.06. The van der Waals surface area contributed by atoms with Gasteiger partial charge in [-0.05, 0) is 6.07 Å². The highest BCUT2D eigenvalue weighted by atomic mass is 16.5. The lowest BCUT2D eigenvalue weighted by Crippen LogP contribution is -2.14. The summed E-state index contributed by atoms with van der Waals surface area (Å²) in [6, 6.07) is 1.55. The number of aliphatic hydroxyl groups excluding tert-OH is 1. The molecular formula is C11H10N2O4. The van der Waals surface area contributed by atoms with Crippen molar-refractivity contribution in [3.05, 3.63) is 29.6 Å². The monoisotopic (exact) mass is 234 g/mol. The number of nitrogens with one attached hydrogen (secondary N) is 1. The Hall–Kier alpha value is -2.37. The van der Waals surface area contributed by atoms with Crippen LogP contribution in [0.25, 0.3) is 5.76 Å². The van der Waals surface area contributed by atoms with E-state index in [1.165, 1.54) is 19.5 Å². The van der Waals surface area contributed by atoms with Gasteiger partial charge in [-0.15, -0.1) is 0 Å². The van der Waals surface area contributed by atoms with Crippen LogP contribution in [-0.4, -0.2) is 29.1 Å². The number of aliphatic hydroxyl groups is 1. The highest BCUT2D eigenvalue weighted by Crippen LogP contribution is 2.28. The molecule has 0 atom stereocenters. The average molecular weight is 234 g/mol. The summed E-state index contributed by atoms with van der Waals surface area (Å²) in [5.74, 6) is -1.39. The third-order valence-electron chi connectivity index (χ3n) is 2.41. The van der Waals surface area contributed by atoms with Crippen LogP contribution < -0.4 is 5.32 Å². The molecule has 1 aromatic heterocycles. The number of hydrogen-bond donors (Lipinski definition) is 2. The Kier molecular flexibility index (Phi) is 2.78. The number of nitrogens with zero attached hydrogens (tertiary/aromatic N) is 1. The van der Waals surface area contributed by atoms with Crippen LogP contribution in [0.4, 0.5) is 5.69 Å². The fraction of sp³-hybridized carbons (Fsp3) is 0.182. The van der Waals surface area contributed by atoms with E-state index in [0.29, 0.717) is 11.3 Å². The summed E-state index contributed by atoms with van der Waals surface area (Å²) in [4.78, 5) is 26.8. The second-order valence-electron chi connectivity index (χ2n) is 3.46. The number of carbonyl (C=O) groups excluding carboxylic acids is 2. The Bertz CT molecular complexity index is 522. The van der Waals surface area contributed by atoms with Gasteiger partial charge in [0.2, 0.25) is 5.91 Å². The topological polar surface area (TPSA) is 88.5 Å². The van der Waals surface area contributed by atoms with Crippen LogP contribution >= 0.6 is 0 Å². The van der Waals surface area contributed by atoms with E-state index >= 15 is 0 Å². The number of carbonyl (C=O) groups is 2. The first-order valence-corrected chi connectivity index (χ1v) is 4.88. The Morgan fingerprint density at radius 1 is 1.59 bits per heavy atom. The van der Waals surface area contributed by atoms with Crippen LogP contribution in [0, 0.1) is 0 Å². The van der Waals surface area contributed by atoms with Crippen LogP contribution in [0.15, 0.2) is 24.0 Å². The molecule has 0 spiro atoms. The number of anilines is 1. The highest BCUT2D eigenvalue weighted by molar-refractivity contribution is 6.07. The predicted molar refractivity (Wildman–Crippen MR) is 59.0 cm³/mol. The van der Waals surface area contributed by atoms with Gasteiger partial charge in [0.1, 0.15) is 5.76 Å². The van der Waals surface area contributed by atoms with Crippen LogP contribution in [0.2, 0.25) is 0 Å². The van der Waals surface area contributed by atoms with E-state index in [1.54, 1.807) is 6.07 Å². The van der Waals surface area contributed by atoms with Crippen molar-refractivity contribution < 1.29 is 19.4 Å². The number of methoxy groups -OCH3 is 1. The van der Waals surface area contributed by atoms with Gasteiger partial charge in [-0.25, -0.2) is 4.79 Å². The molecule has 1 aliphatic rings. The lowest BCUT2D eigenvalue weighted by atomic mass is 10.1. The maximum absolute atomic E-state index is 11.5. The highest BCUT2D eigenvalue weighted by Gasteiger charge is 2.26. The summed E-state index contributed by atoms with van der Waals surface area (Å²) in [5, 5.41) is 12.5. The number of hydrogen-bond acceptors (Lipinski definition) is 5. The largest absolute Gasteiger partial charge is 0.507 e. The molecule has 1 amide bonds. The molecule has 1 aliphatic heterocycles. The third kappa shape index (κ3) is 1.96. The Labute approximate surface area is 96.9 Å². The Morgan fingerprint density at radius 2 is 2.35 bits per heavy atom. The lowest BCUT2D eigenvalue weighted by Gasteiger charge is -2.05. The summed E-state index contributed by atoms with van der Waals surface area (Å²) in [6.07, 6.45) is 2.63. The van der Waals surface area contributed by atoms with Crippen molar-refractivity contribution in [1.82, 2.24) is 4.98 Å². The van der Waals surface area contributed by atoms with E-state index in [-0.39, 0.29) is 23.7 Å². The molecule has 0 bridgehead atoms. The van der Waals surface area contributed by atoms with Gasteiger partial charge in [0, 0.05) is 12.4 Å². The minimum atomic E-state index is -0.727. The molecule has 0 aromatic carbocycles. The number of pyridine rings is 1. The van der Waals surface area contributed by atoms with Crippen molar-refractivity contribution in [2.45, 2.75) is 6.42 Å². The van der Waals surface area contributed by atoms with Gasteiger partial charge in [-0.2, -0.15) is 0 Å². The summed E-state index contributed by atoms with van der Waals surface area (Å²) >= 11 is 0. The summed E-state index contributed by atoms with van der Waals surface area (Å²) < 4.78 is 4.52. The van der Waals surface area contributed by atoms with Gasteiger partial charge in [0.25, 0.3) is 0 Å². The van der Waals surface area contributed by atoms with Crippen LogP contribution in [-0.2, 0) is 14.3 Å². The quantitative estimate of drug-likeness (QED) is 0.704. The van der Waals surface area contributed by atoms with Gasteiger partial charge >= 0.3 is 5.97 Å². The number of aromatic nitrogens is 1. The first-order chi connectivity index (χ1) is 8.13. The van der Waals surface area contributed by atoms with Crippen molar-refractivity contribution in [3.63, 3.8) is 0 Å². The molecule has 88 valence electrons. The summed E-state index contributed by atoms with van der Waals surface area (Å²) in [5.41, 5.74) is 0.650. The second-order valence-corrected chi connectivity index (χ2v) is 3.46. The minimum absolute atomic E-state index is 0.0725. The molecule has 2 N–H and O–H groups in total. The number of fused-ring (bicyclic) bond motifs is 1. The standard InChI is InChI=1S/C11H10N2O4/c1-17-11(16)6-4-9(14)13-8-2-3-12-5-7(8)10(6)15/h2-3,5,15H,4H2,1H3,(H,13,14). The molecule has 0 aliphatic carbocycles. The van der Waals surface area contributed by atoms with Gasteiger partial charge < -0.3 is 15.2 Å². The van der Waals surface area contributed by atoms with E-state index in [1.807, 2.05) is 0 Å². The van der Waals surface area contributed by atoms with Crippen LogP contribution in [0.3, 0.4) is 0 Å². The molecule has 17 heavy (non-hydrogen) atoms. The Morgan fingerprint density at radius 3 is 3.06 bits per heavy atom. The maximum atomic E-state index is 11.5. The number of esters is 1. The summed E-state index contributed by atoms with van der Waals surface area (Å²) in [7, 11) is 1.19. The minimum Gasteiger partial charge on any atom is -0.507 e. The molecule has 0 saturated heterocycles. The van der Waals surface area contributed by atoms with Gasteiger partial charge in [0.05, 0.1) is 30.4 Å². The van der Waals surface area contributed by atoms with Gasteiger partial charge in [-0.3, -0.25) is 9.78 Å². The van der Waals surface area contributed by atoms with E-state index in [2.05, 4.69) is 15.0 Å². The first kappa shape index (κ1) is 11.1. The van der Waals surface area contributed by atoms with E-state index in [9.17, 15) is 14.7 Å². The van der Waals surface area contributed by atoms with Crippen molar-refractivity contribution in [2.75, 3.05) is 12.4 Å². The molecule has 6 heteroatoms. The molecule has 0 fully saturated rings. The Balaban J connectivity index is 2.59. The first-order valence-electron chi connectivity index (χ1n) is 4.88. The molecule has 6 nitrogen and oxygen atoms in total. The lowest BCUT2D eigenvalue weighted by molar-refractivity contribution is -0.137. The predicted octanol–water partition coefficient (Wildman–Crippen LogP) is 0.866. The fourth-order valence-electron chi connectivity index (χ4n) is 1.59. The van der Waals surface area contributed by atoms with Crippen molar-refractivity contribution in [2.24, 2.45) is 0 Å². The van der Waals surface area contributed by atoms with E-state index in [4.69, 9.17) is 0 Å². The molecule has 0 saturated carbocycles. The molecular weight excluding hydrogens is 224 g/mol. The SMILES string of the molecule is COC(=O)C1=C(O)c2cnccc2NC(=O)C1. The number of amides is 1. The van der Waals surface area contributed by atoms with Crippen molar-refractivity contribution in [1.29, 1.82) is 0 Å². The fourth-order valence-corrected chi connectivity index (χ4v) is 1.59. The normalized spacial score (nSPS) is 14.8. The average Bonchev–Trinajstić information content (AvgIpc) is 2.46. The maximum Gasteiger partial charge on any atom is 0.338 e. The zero-order chi connectivity index (χ0) is 12.4. The number of ether oxygens (including phenoxy) is 1. The van der Waals surface area contributed by atoms with Crippen molar-refractivity contribution >= 4 is 23.3 Å². The second kappa shape index (κ2) is 4.25. The van der Waals surface area contributed by atoms with Crippen molar-refractivity contribution in [3.8, 4) is 0 Å². The summed E-state index contributed by atoms with van der Waals surface area (Å²) in [6.45, 7) is 0. The molecule has 2 heterocycles. The van der Waals surface area contributed by atoms with Gasteiger partial charge in [0.15, 0.2) is 0 Å². The molecule has 2 rings (SSSR count). The molecule has 0 unspecified atom stereocenters. The van der Waals surface area contributed by atoms with Gasteiger partial charge in [-0.1, -0.05) is 0 Å². The van der Waals surface area contributed by atoms with Crippen LogP contribution in [0.5, 0.6) is 0 Å². The molecule has 0 radical (unpaired) electrons. The zero-order valence-electron chi connectivity index (χ0n) is 9.06.